The zero-order valence-electron chi connectivity index (χ0n) is 15.7. The molecule has 0 aromatic carbocycles. The number of carboxylic acids is 1. The first-order chi connectivity index (χ1) is 11.2. The van der Waals surface area contributed by atoms with E-state index in [0.717, 1.165) is 0 Å². The number of hydrogen-bond acceptors (Lipinski definition) is 6. The van der Waals surface area contributed by atoms with Crippen molar-refractivity contribution in [2.24, 2.45) is 10.4 Å². The van der Waals surface area contributed by atoms with Gasteiger partial charge >= 0.3 is 11.9 Å². The lowest BCUT2D eigenvalue weighted by molar-refractivity contribution is -0.157. The van der Waals surface area contributed by atoms with Crippen molar-refractivity contribution >= 4 is 23.4 Å². The molecule has 0 heterocycles. The second-order valence-electron chi connectivity index (χ2n) is 8.12. The largest absolute Gasteiger partial charge is 0.511 e. The minimum absolute atomic E-state index is 0.0507. The molecule has 7 heteroatoms. The predicted octanol–water partition coefficient (Wildman–Crippen LogP) is 2.83. The molecule has 0 aromatic rings. The standard InChI is InChI=1S/C18H27NO6/c1-10(15-12(20)8-18(5,6)9-13(15)21)19-11(16(23)24)7-14(22)25-17(2,3)4/h11,20H,7-9H2,1-6H3,(H,23,24)/t11-/m0/s1. The second kappa shape index (κ2) is 7.37. The lowest BCUT2D eigenvalue weighted by Crippen LogP contribution is -2.31. The van der Waals surface area contributed by atoms with Crippen molar-refractivity contribution in [3.05, 3.63) is 11.3 Å². The van der Waals surface area contributed by atoms with Crippen LogP contribution in [-0.4, -0.2) is 45.3 Å². The van der Waals surface area contributed by atoms with E-state index in [2.05, 4.69) is 4.99 Å². The Morgan fingerprint density at radius 1 is 1.28 bits per heavy atom. The van der Waals surface area contributed by atoms with Gasteiger partial charge in [-0.3, -0.25) is 14.6 Å². The number of ether oxygens (including phenoxy) is 1. The van der Waals surface area contributed by atoms with E-state index in [1.54, 1.807) is 20.8 Å². The van der Waals surface area contributed by atoms with Gasteiger partial charge in [0.1, 0.15) is 11.4 Å². The van der Waals surface area contributed by atoms with Crippen molar-refractivity contribution < 1.29 is 29.3 Å². The van der Waals surface area contributed by atoms with Crippen molar-refractivity contribution in [2.75, 3.05) is 0 Å². The third-order valence-corrected chi connectivity index (χ3v) is 3.63. The van der Waals surface area contributed by atoms with Crippen LogP contribution in [0.4, 0.5) is 0 Å². The van der Waals surface area contributed by atoms with E-state index >= 15 is 0 Å². The highest BCUT2D eigenvalue weighted by Gasteiger charge is 2.35. The van der Waals surface area contributed by atoms with Crippen LogP contribution in [-0.2, 0) is 19.1 Å². The topological polar surface area (TPSA) is 113 Å². The van der Waals surface area contributed by atoms with Gasteiger partial charge in [-0.1, -0.05) is 13.8 Å². The molecule has 7 nitrogen and oxygen atoms in total. The number of ketones is 1. The molecule has 0 spiro atoms. The summed E-state index contributed by atoms with van der Waals surface area (Å²) in [6.07, 6.45) is 0.103. The van der Waals surface area contributed by atoms with Gasteiger partial charge in [-0.05, 0) is 33.1 Å². The van der Waals surface area contributed by atoms with Gasteiger partial charge in [0.05, 0.1) is 12.0 Å². The second-order valence-corrected chi connectivity index (χ2v) is 8.12. The normalized spacial score (nSPS) is 19.6. The van der Waals surface area contributed by atoms with Gasteiger partial charge < -0.3 is 14.9 Å². The summed E-state index contributed by atoms with van der Waals surface area (Å²) < 4.78 is 5.12. The Morgan fingerprint density at radius 3 is 2.28 bits per heavy atom. The lowest BCUT2D eigenvalue weighted by atomic mass is 9.76. The summed E-state index contributed by atoms with van der Waals surface area (Å²) in [5.41, 5.74) is -0.915. The third-order valence-electron chi connectivity index (χ3n) is 3.63. The average molecular weight is 353 g/mol. The van der Waals surface area contributed by atoms with E-state index in [-0.39, 0.29) is 34.7 Å². The van der Waals surface area contributed by atoms with Crippen LogP contribution in [0, 0.1) is 5.41 Å². The quantitative estimate of drug-likeness (QED) is 0.580. The van der Waals surface area contributed by atoms with Crippen molar-refractivity contribution in [3.63, 3.8) is 0 Å². The molecule has 1 rings (SSSR count). The summed E-state index contributed by atoms with van der Waals surface area (Å²) in [7, 11) is 0. The van der Waals surface area contributed by atoms with E-state index < -0.39 is 30.0 Å². The Balaban J connectivity index is 3.05. The number of carbonyl (C=O) groups excluding carboxylic acids is 2. The molecule has 0 radical (unpaired) electrons. The Morgan fingerprint density at radius 2 is 1.84 bits per heavy atom. The van der Waals surface area contributed by atoms with E-state index in [0.29, 0.717) is 6.42 Å². The zero-order valence-corrected chi connectivity index (χ0v) is 15.7. The van der Waals surface area contributed by atoms with Crippen LogP contribution in [0.1, 0.15) is 60.8 Å². The number of aliphatic hydroxyl groups is 1. The molecule has 2 N–H and O–H groups in total. The van der Waals surface area contributed by atoms with Crippen molar-refractivity contribution in [3.8, 4) is 0 Å². The van der Waals surface area contributed by atoms with Gasteiger partial charge in [0.15, 0.2) is 11.8 Å². The Hall–Kier alpha value is -2.18. The molecular formula is C18H27NO6. The first kappa shape index (κ1) is 20.9. The number of aliphatic hydroxyl groups excluding tert-OH is 1. The fourth-order valence-electron chi connectivity index (χ4n) is 2.73. The number of Topliss-reactive ketones (excluding diaryl/α,β-unsaturated/α-hetero) is 1. The SMILES string of the molecule is CC(=N[C@@H](CC(=O)OC(C)(C)C)C(=O)O)C1=C(O)CC(C)(C)CC1=O. The summed E-state index contributed by atoms with van der Waals surface area (Å²) in [5, 5.41) is 19.5. The Kier molecular flexibility index (Phi) is 6.15. The minimum Gasteiger partial charge on any atom is -0.511 e. The molecular weight excluding hydrogens is 326 g/mol. The van der Waals surface area contributed by atoms with Crippen molar-refractivity contribution in [1.29, 1.82) is 0 Å². The fraction of sp³-hybridized carbons (Fsp3) is 0.667. The number of carbonyl (C=O) groups is 3. The number of nitrogens with zero attached hydrogens (tertiary/aromatic N) is 1. The molecule has 0 unspecified atom stereocenters. The lowest BCUT2D eigenvalue weighted by Gasteiger charge is -2.29. The number of aliphatic carboxylic acids is 1. The molecule has 140 valence electrons. The summed E-state index contributed by atoms with van der Waals surface area (Å²) in [5.74, 6) is -2.36. The van der Waals surface area contributed by atoms with Crippen LogP contribution in [0.3, 0.4) is 0 Å². The molecule has 0 saturated carbocycles. The van der Waals surface area contributed by atoms with Crippen LogP contribution >= 0.6 is 0 Å². The molecule has 0 saturated heterocycles. The van der Waals surface area contributed by atoms with Gasteiger partial charge in [0, 0.05) is 18.6 Å². The Labute approximate surface area is 147 Å². The monoisotopic (exact) mass is 353 g/mol. The number of esters is 1. The molecule has 0 aromatic heterocycles. The first-order valence-electron chi connectivity index (χ1n) is 8.16. The molecule has 1 aliphatic rings. The number of allylic oxidation sites excluding steroid dienone is 2. The maximum atomic E-state index is 12.3. The molecule has 0 amide bonds. The van der Waals surface area contributed by atoms with Crippen LogP contribution in [0.2, 0.25) is 0 Å². The van der Waals surface area contributed by atoms with Crippen molar-refractivity contribution in [1.82, 2.24) is 0 Å². The molecule has 25 heavy (non-hydrogen) atoms. The maximum Gasteiger partial charge on any atom is 0.329 e. The Bertz CT molecular complexity index is 636. The summed E-state index contributed by atoms with van der Waals surface area (Å²) >= 11 is 0. The highest BCUT2D eigenvalue weighted by molar-refractivity contribution is 6.22. The number of carboxylic acid groups (broad SMARTS) is 1. The number of hydrogen-bond donors (Lipinski definition) is 2. The van der Waals surface area contributed by atoms with E-state index in [1.807, 2.05) is 13.8 Å². The van der Waals surface area contributed by atoms with Gasteiger partial charge in [-0.2, -0.15) is 0 Å². The minimum atomic E-state index is -1.38. The van der Waals surface area contributed by atoms with E-state index in [9.17, 15) is 24.6 Å². The zero-order chi connectivity index (χ0) is 19.6. The summed E-state index contributed by atoms with van der Waals surface area (Å²) in [4.78, 5) is 39.5. The van der Waals surface area contributed by atoms with E-state index in [4.69, 9.17) is 4.74 Å². The van der Waals surface area contributed by atoms with Gasteiger partial charge in [-0.15, -0.1) is 0 Å². The van der Waals surface area contributed by atoms with Gasteiger partial charge in [-0.25, -0.2) is 4.79 Å². The van der Waals surface area contributed by atoms with Gasteiger partial charge in [0.2, 0.25) is 0 Å². The smallest absolute Gasteiger partial charge is 0.329 e. The van der Waals surface area contributed by atoms with Crippen LogP contribution in [0.25, 0.3) is 0 Å². The molecule has 0 fully saturated rings. The summed E-state index contributed by atoms with van der Waals surface area (Å²) in [6, 6.07) is -1.38. The first-order valence-corrected chi connectivity index (χ1v) is 8.16. The molecule has 1 atom stereocenters. The third kappa shape index (κ3) is 6.32. The fourth-order valence-corrected chi connectivity index (χ4v) is 2.73. The summed E-state index contributed by atoms with van der Waals surface area (Å²) in [6.45, 7) is 10.2. The number of rotatable bonds is 5. The van der Waals surface area contributed by atoms with Crippen molar-refractivity contribution in [2.45, 2.75) is 72.4 Å². The number of aliphatic imine (C=N–C) groups is 1. The predicted molar refractivity (Wildman–Crippen MR) is 92.7 cm³/mol. The van der Waals surface area contributed by atoms with Crippen LogP contribution in [0.5, 0.6) is 0 Å². The average Bonchev–Trinajstić information content (AvgIpc) is 2.32. The van der Waals surface area contributed by atoms with Crippen LogP contribution in [0.15, 0.2) is 16.3 Å². The maximum absolute atomic E-state index is 12.3. The molecule has 0 bridgehead atoms. The molecule has 0 aliphatic heterocycles. The van der Waals surface area contributed by atoms with Crippen LogP contribution < -0.4 is 0 Å². The highest BCUT2D eigenvalue weighted by atomic mass is 16.6. The highest BCUT2D eigenvalue weighted by Crippen LogP contribution is 2.36. The van der Waals surface area contributed by atoms with E-state index in [1.165, 1.54) is 6.92 Å². The van der Waals surface area contributed by atoms with Gasteiger partial charge in [0.25, 0.3) is 0 Å². The molecule has 1 aliphatic carbocycles.